The quantitative estimate of drug-likeness (QED) is 0.791. The number of rotatable bonds is 6. The predicted molar refractivity (Wildman–Crippen MR) is 71.1 cm³/mol. The third-order valence-electron chi connectivity index (χ3n) is 2.48. The van der Waals surface area contributed by atoms with E-state index in [9.17, 15) is 0 Å². The molecule has 2 aromatic rings. The molecule has 19 heavy (non-hydrogen) atoms. The van der Waals surface area contributed by atoms with Gasteiger partial charge in [0.1, 0.15) is 0 Å². The van der Waals surface area contributed by atoms with Crippen LogP contribution in [0.3, 0.4) is 0 Å². The van der Waals surface area contributed by atoms with Crippen LogP contribution >= 0.6 is 0 Å². The lowest BCUT2D eigenvalue weighted by Crippen LogP contribution is -2.11. The van der Waals surface area contributed by atoms with Crippen molar-refractivity contribution in [2.75, 3.05) is 24.3 Å². The number of ether oxygens (including phenoxy) is 1. The Balaban J connectivity index is 2.10. The van der Waals surface area contributed by atoms with E-state index in [1.165, 1.54) is 7.11 Å². The van der Waals surface area contributed by atoms with Crippen molar-refractivity contribution >= 4 is 11.9 Å². The molecule has 2 rings (SSSR count). The van der Waals surface area contributed by atoms with Gasteiger partial charge < -0.3 is 15.4 Å². The third-order valence-corrected chi connectivity index (χ3v) is 2.48. The maximum absolute atomic E-state index is 5.04. The number of methoxy groups -OCH3 is 1. The summed E-state index contributed by atoms with van der Waals surface area (Å²) in [5, 5.41) is 10.2. The smallest absolute Gasteiger partial charge is 0.322 e. The Bertz CT molecular complexity index is 540. The van der Waals surface area contributed by atoms with Crippen molar-refractivity contribution in [1.82, 2.24) is 24.7 Å². The molecule has 0 aliphatic rings. The highest BCUT2D eigenvalue weighted by Gasteiger charge is 2.06. The fourth-order valence-corrected chi connectivity index (χ4v) is 1.51. The van der Waals surface area contributed by atoms with Gasteiger partial charge in [-0.15, -0.1) is 0 Å². The van der Waals surface area contributed by atoms with Crippen LogP contribution in [-0.4, -0.2) is 38.4 Å². The van der Waals surface area contributed by atoms with Crippen LogP contribution in [-0.2, 0) is 13.6 Å². The second-order valence-corrected chi connectivity index (χ2v) is 3.80. The van der Waals surface area contributed by atoms with Crippen molar-refractivity contribution in [3.63, 3.8) is 0 Å². The maximum Gasteiger partial charge on any atom is 0.322 e. The number of nitrogens with one attached hydrogen (secondary N) is 2. The van der Waals surface area contributed by atoms with Crippen LogP contribution in [0.2, 0.25) is 0 Å². The van der Waals surface area contributed by atoms with Gasteiger partial charge in [0.05, 0.1) is 19.3 Å². The Morgan fingerprint density at radius 2 is 1.95 bits per heavy atom. The number of hydrogen-bond acceptors (Lipinski definition) is 7. The van der Waals surface area contributed by atoms with E-state index in [0.717, 1.165) is 12.2 Å². The van der Waals surface area contributed by atoms with Crippen molar-refractivity contribution in [3.8, 4) is 6.01 Å². The molecular formula is C11H17N7O. The minimum absolute atomic E-state index is 0.276. The summed E-state index contributed by atoms with van der Waals surface area (Å²) in [6, 6.07) is 2.20. The van der Waals surface area contributed by atoms with Gasteiger partial charge in [-0.2, -0.15) is 20.1 Å². The van der Waals surface area contributed by atoms with Crippen LogP contribution in [0.1, 0.15) is 12.6 Å². The summed E-state index contributed by atoms with van der Waals surface area (Å²) in [4.78, 5) is 12.5. The Morgan fingerprint density at radius 3 is 2.53 bits per heavy atom. The molecule has 0 atom stereocenters. The lowest BCUT2D eigenvalue weighted by Gasteiger charge is -2.08. The van der Waals surface area contributed by atoms with Crippen molar-refractivity contribution < 1.29 is 4.74 Å². The molecule has 2 aromatic heterocycles. The molecule has 0 spiro atoms. The molecule has 0 aliphatic heterocycles. The molecule has 2 heterocycles. The summed E-state index contributed by atoms with van der Waals surface area (Å²) in [5.74, 6) is 0.950. The largest absolute Gasteiger partial charge is 0.467 e. The molecule has 0 amide bonds. The van der Waals surface area contributed by atoms with Gasteiger partial charge in [-0.05, 0) is 13.0 Å². The summed E-state index contributed by atoms with van der Waals surface area (Å²) in [7, 11) is 3.41. The van der Waals surface area contributed by atoms with Crippen molar-refractivity contribution in [1.29, 1.82) is 0 Å². The first kappa shape index (κ1) is 13.1. The normalized spacial score (nSPS) is 10.3. The van der Waals surface area contributed by atoms with Gasteiger partial charge in [0.25, 0.3) is 0 Å². The first-order valence-corrected chi connectivity index (χ1v) is 5.97. The molecule has 0 aromatic carbocycles. The average Bonchev–Trinajstić information content (AvgIpc) is 2.82. The Hall–Kier alpha value is -2.38. The number of nitrogens with zero attached hydrogens (tertiary/aromatic N) is 5. The van der Waals surface area contributed by atoms with Crippen LogP contribution in [0.15, 0.2) is 12.3 Å². The Kier molecular flexibility index (Phi) is 4.11. The number of aryl methyl sites for hydroxylation is 1. The van der Waals surface area contributed by atoms with Gasteiger partial charge >= 0.3 is 6.01 Å². The molecule has 0 fully saturated rings. The lowest BCUT2D eigenvalue weighted by atomic mass is 10.4. The molecule has 2 N–H and O–H groups in total. The predicted octanol–water partition coefficient (Wildman–Crippen LogP) is 0.658. The second-order valence-electron chi connectivity index (χ2n) is 3.80. The molecule has 102 valence electrons. The molecule has 0 saturated heterocycles. The zero-order valence-corrected chi connectivity index (χ0v) is 11.2. The summed E-state index contributed by atoms with van der Waals surface area (Å²) >= 11 is 0. The van der Waals surface area contributed by atoms with Gasteiger partial charge in [-0.1, -0.05) is 0 Å². The molecular weight excluding hydrogens is 246 g/mol. The highest BCUT2D eigenvalue weighted by Crippen LogP contribution is 2.11. The number of anilines is 2. The standard InChI is InChI=1S/C11H17N7O/c1-4-12-9-15-10(17-11(16-9)19-3)13-7-8-5-6-14-18(8)2/h5-6H,4,7H2,1-3H3,(H2,12,13,15,16,17). The number of aromatic nitrogens is 5. The monoisotopic (exact) mass is 263 g/mol. The van der Waals surface area contributed by atoms with E-state index in [4.69, 9.17) is 4.74 Å². The topological polar surface area (TPSA) is 89.8 Å². The summed E-state index contributed by atoms with van der Waals surface area (Å²) < 4.78 is 6.83. The van der Waals surface area contributed by atoms with Gasteiger partial charge in [0.15, 0.2) is 0 Å². The van der Waals surface area contributed by atoms with Crippen LogP contribution in [0, 0.1) is 0 Å². The summed E-state index contributed by atoms with van der Waals surface area (Å²) in [5.41, 5.74) is 1.03. The van der Waals surface area contributed by atoms with E-state index >= 15 is 0 Å². The fourth-order valence-electron chi connectivity index (χ4n) is 1.51. The Labute approximate surface area is 111 Å². The van der Waals surface area contributed by atoms with Crippen molar-refractivity contribution in [3.05, 3.63) is 18.0 Å². The first-order valence-electron chi connectivity index (χ1n) is 5.97. The van der Waals surface area contributed by atoms with Crippen LogP contribution in [0.4, 0.5) is 11.9 Å². The summed E-state index contributed by atoms with van der Waals surface area (Å²) in [6.07, 6.45) is 1.75. The SMILES string of the molecule is CCNc1nc(NCc2ccnn2C)nc(OC)n1. The van der Waals surface area contributed by atoms with E-state index in [1.807, 2.05) is 20.0 Å². The van der Waals surface area contributed by atoms with Gasteiger partial charge in [-0.25, -0.2) is 0 Å². The van der Waals surface area contributed by atoms with E-state index in [0.29, 0.717) is 18.4 Å². The second kappa shape index (κ2) is 5.98. The molecule has 0 aliphatic carbocycles. The average molecular weight is 263 g/mol. The zero-order valence-electron chi connectivity index (χ0n) is 11.2. The van der Waals surface area contributed by atoms with Crippen LogP contribution in [0.25, 0.3) is 0 Å². The molecule has 0 saturated carbocycles. The van der Waals surface area contributed by atoms with E-state index in [-0.39, 0.29) is 6.01 Å². The minimum Gasteiger partial charge on any atom is -0.467 e. The van der Waals surface area contributed by atoms with Crippen LogP contribution < -0.4 is 15.4 Å². The molecule has 8 nitrogen and oxygen atoms in total. The Morgan fingerprint density at radius 1 is 1.21 bits per heavy atom. The van der Waals surface area contributed by atoms with E-state index < -0.39 is 0 Å². The molecule has 0 bridgehead atoms. The summed E-state index contributed by atoms with van der Waals surface area (Å²) in [6.45, 7) is 3.28. The maximum atomic E-state index is 5.04. The fraction of sp³-hybridized carbons (Fsp3) is 0.455. The van der Waals surface area contributed by atoms with Gasteiger partial charge in [0, 0.05) is 19.8 Å². The van der Waals surface area contributed by atoms with Crippen LogP contribution in [0.5, 0.6) is 6.01 Å². The highest BCUT2D eigenvalue weighted by atomic mass is 16.5. The van der Waals surface area contributed by atoms with Gasteiger partial charge in [-0.3, -0.25) is 4.68 Å². The number of hydrogen-bond donors (Lipinski definition) is 2. The van der Waals surface area contributed by atoms with Crippen molar-refractivity contribution in [2.24, 2.45) is 7.05 Å². The molecule has 0 unspecified atom stereocenters. The molecule has 8 heteroatoms. The minimum atomic E-state index is 0.276. The highest BCUT2D eigenvalue weighted by molar-refractivity contribution is 5.36. The van der Waals surface area contributed by atoms with Crippen molar-refractivity contribution in [2.45, 2.75) is 13.5 Å². The van der Waals surface area contributed by atoms with E-state index in [2.05, 4.69) is 30.7 Å². The lowest BCUT2D eigenvalue weighted by molar-refractivity contribution is 0.379. The molecule has 0 radical (unpaired) electrons. The van der Waals surface area contributed by atoms with E-state index in [1.54, 1.807) is 10.9 Å². The third kappa shape index (κ3) is 3.30. The zero-order chi connectivity index (χ0) is 13.7. The first-order chi connectivity index (χ1) is 9.22. The van der Waals surface area contributed by atoms with Gasteiger partial charge in [0.2, 0.25) is 11.9 Å².